The predicted molar refractivity (Wildman–Crippen MR) is 311 cm³/mol. The fraction of sp³-hybridized carbons (Fsp3) is 0.561. The van der Waals surface area contributed by atoms with Gasteiger partial charge in [0, 0.05) is 19.3 Å². The average molecular weight is 992 g/mol. The molecule has 0 radical (unpaired) electrons. The monoisotopic (exact) mass is 991 g/mol. The Hall–Kier alpha value is -4.97. The van der Waals surface area contributed by atoms with Crippen molar-refractivity contribution in [1.29, 1.82) is 0 Å². The van der Waals surface area contributed by atoms with Crippen LogP contribution in [0.5, 0.6) is 0 Å². The van der Waals surface area contributed by atoms with E-state index in [2.05, 4.69) is 179 Å². The summed E-state index contributed by atoms with van der Waals surface area (Å²) >= 11 is 0. The number of esters is 3. The van der Waals surface area contributed by atoms with Crippen molar-refractivity contribution in [2.24, 2.45) is 0 Å². The summed E-state index contributed by atoms with van der Waals surface area (Å²) < 4.78 is 16.7. The van der Waals surface area contributed by atoms with E-state index < -0.39 is 6.10 Å². The average Bonchev–Trinajstić information content (AvgIpc) is 3.38. The molecule has 0 aliphatic heterocycles. The van der Waals surface area contributed by atoms with Crippen LogP contribution in [-0.4, -0.2) is 37.2 Å². The molecule has 1 unspecified atom stereocenters. The normalized spacial score (nSPS) is 13.3. The molecular formula is C66H102O6. The van der Waals surface area contributed by atoms with Gasteiger partial charge in [0.15, 0.2) is 6.10 Å². The summed E-state index contributed by atoms with van der Waals surface area (Å²) in [5.74, 6) is -0.989. The molecule has 72 heavy (non-hydrogen) atoms. The van der Waals surface area contributed by atoms with Gasteiger partial charge in [-0.25, -0.2) is 0 Å². The van der Waals surface area contributed by atoms with E-state index in [4.69, 9.17) is 14.2 Å². The molecule has 0 aromatic carbocycles. The molecule has 0 heterocycles. The van der Waals surface area contributed by atoms with Gasteiger partial charge in [0.25, 0.3) is 0 Å². The van der Waals surface area contributed by atoms with E-state index in [0.717, 1.165) is 154 Å². The maximum Gasteiger partial charge on any atom is 0.306 e. The first kappa shape index (κ1) is 67.0. The number of ether oxygens (including phenoxy) is 3. The Balaban J connectivity index is 4.25. The summed E-state index contributed by atoms with van der Waals surface area (Å²) in [7, 11) is 0. The Morgan fingerprint density at radius 2 is 0.542 bits per heavy atom. The molecule has 0 saturated carbocycles. The molecule has 6 nitrogen and oxygen atoms in total. The molecule has 0 aromatic heterocycles. The Morgan fingerprint density at radius 1 is 0.292 bits per heavy atom. The first-order valence-corrected chi connectivity index (χ1v) is 28.5. The number of rotatable bonds is 49. The minimum absolute atomic E-state index is 0.105. The summed E-state index contributed by atoms with van der Waals surface area (Å²) in [6.07, 6.45) is 85.6. The van der Waals surface area contributed by atoms with Crippen LogP contribution in [0.25, 0.3) is 0 Å². The van der Waals surface area contributed by atoms with Gasteiger partial charge in [0.1, 0.15) is 13.2 Å². The van der Waals surface area contributed by atoms with Crippen molar-refractivity contribution in [1.82, 2.24) is 0 Å². The van der Waals surface area contributed by atoms with Crippen molar-refractivity contribution in [3.8, 4) is 0 Å². The lowest BCUT2D eigenvalue weighted by atomic mass is 10.1. The van der Waals surface area contributed by atoms with E-state index in [1.165, 1.54) is 19.3 Å². The molecular weight excluding hydrogens is 889 g/mol. The SMILES string of the molecule is CC/C=C\C/C=C\C/C=C\C/C=C\C/C=C\C/C=C\C/C=C\C/C=C\C/C=C\C/C=C\CCCCC(=O)OCC(COC(=O)CCCCCCCC)OC(=O)CCCCCCC/C=C\C/C=C\C/C=C\CC. The Kier molecular flexibility index (Phi) is 54.6. The number of allylic oxidation sites excluding steroid dienone is 26. The standard InChI is InChI=1S/C66H102O6/c1-4-7-10-13-16-18-20-22-24-25-26-27-28-29-30-31-32-33-34-35-36-37-38-39-40-41-43-44-46-48-50-53-56-59-65(68)71-62-63(61-70-64(67)58-55-52-15-12-9-6-3)72-66(69)60-57-54-51-49-47-45-42-23-21-19-17-14-11-8-5-2/h7-8,10-11,16-19,22-24,26-27,29-30,32-33,35-36,38-39,41-43,46,48,63H,4-6,9,12-15,20-21,25,28,31,34,37,40,44-45,47,49-62H2,1-3H3/b10-7-,11-8-,18-16-,19-17-,24-22-,27-26-,30-29-,33-32-,36-35-,39-38-,42-23-,43-41-,48-46-. The molecule has 0 aliphatic carbocycles. The quantitative estimate of drug-likeness (QED) is 0.0262. The van der Waals surface area contributed by atoms with Gasteiger partial charge < -0.3 is 14.2 Å². The third-order valence-electron chi connectivity index (χ3n) is 11.3. The summed E-state index contributed by atoms with van der Waals surface area (Å²) in [5, 5.41) is 0. The van der Waals surface area contributed by atoms with Crippen LogP contribution in [0.1, 0.15) is 220 Å². The molecule has 0 N–H and O–H groups in total. The minimum atomic E-state index is -0.808. The van der Waals surface area contributed by atoms with Gasteiger partial charge >= 0.3 is 17.9 Å². The summed E-state index contributed by atoms with van der Waals surface area (Å²) in [6, 6.07) is 0. The highest BCUT2D eigenvalue weighted by Crippen LogP contribution is 2.12. The van der Waals surface area contributed by atoms with Gasteiger partial charge in [-0.2, -0.15) is 0 Å². The largest absolute Gasteiger partial charge is 0.462 e. The topological polar surface area (TPSA) is 78.9 Å². The van der Waals surface area contributed by atoms with Crippen molar-refractivity contribution in [2.75, 3.05) is 13.2 Å². The maximum absolute atomic E-state index is 12.8. The van der Waals surface area contributed by atoms with Crippen LogP contribution in [0, 0.1) is 0 Å². The van der Waals surface area contributed by atoms with Gasteiger partial charge in [-0.3, -0.25) is 14.4 Å². The zero-order valence-corrected chi connectivity index (χ0v) is 45.9. The number of carbonyl (C=O) groups excluding carboxylic acids is 3. The van der Waals surface area contributed by atoms with Crippen LogP contribution in [0.2, 0.25) is 0 Å². The second-order valence-corrected chi connectivity index (χ2v) is 18.1. The molecule has 0 aromatic rings. The van der Waals surface area contributed by atoms with Gasteiger partial charge in [0.2, 0.25) is 0 Å². The number of carbonyl (C=O) groups is 3. The Morgan fingerprint density at radius 3 is 0.875 bits per heavy atom. The summed E-state index contributed by atoms with van der Waals surface area (Å²) in [6.45, 7) is 6.27. The molecule has 0 spiro atoms. The lowest BCUT2D eigenvalue weighted by Gasteiger charge is -2.18. The zero-order valence-electron chi connectivity index (χ0n) is 45.9. The van der Waals surface area contributed by atoms with E-state index in [-0.39, 0.29) is 31.1 Å². The number of unbranched alkanes of at least 4 members (excludes halogenated alkanes) is 12. The molecule has 0 aliphatic rings. The number of hydrogen-bond donors (Lipinski definition) is 0. The molecule has 0 rings (SSSR count). The molecule has 0 fully saturated rings. The highest BCUT2D eigenvalue weighted by Gasteiger charge is 2.19. The van der Waals surface area contributed by atoms with Crippen LogP contribution in [0.3, 0.4) is 0 Å². The Bertz CT molecular complexity index is 1660. The molecule has 1 atom stereocenters. The molecule has 0 bridgehead atoms. The smallest absolute Gasteiger partial charge is 0.306 e. The van der Waals surface area contributed by atoms with E-state index in [1.54, 1.807) is 0 Å². The van der Waals surface area contributed by atoms with Gasteiger partial charge in [-0.05, 0) is 128 Å². The van der Waals surface area contributed by atoms with Gasteiger partial charge in [-0.1, -0.05) is 230 Å². The van der Waals surface area contributed by atoms with E-state index >= 15 is 0 Å². The second-order valence-electron chi connectivity index (χ2n) is 18.1. The van der Waals surface area contributed by atoms with Crippen LogP contribution in [0.15, 0.2) is 158 Å². The summed E-state index contributed by atoms with van der Waals surface area (Å²) in [4.78, 5) is 37.8. The molecule has 0 saturated heterocycles. The molecule has 6 heteroatoms. The van der Waals surface area contributed by atoms with Crippen molar-refractivity contribution < 1.29 is 28.6 Å². The third-order valence-corrected chi connectivity index (χ3v) is 11.3. The molecule has 402 valence electrons. The van der Waals surface area contributed by atoms with Crippen LogP contribution >= 0.6 is 0 Å². The van der Waals surface area contributed by atoms with Crippen LogP contribution in [-0.2, 0) is 28.6 Å². The van der Waals surface area contributed by atoms with E-state index in [1.807, 2.05) is 0 Å². The molecule has 0 amide bonds. The number of hydrogen-bond acceptors (Lipinski definition) is 6. The second kappa shape index (κ2) is 58.6. The fourth-order valence-electron chi connectivity index (χ4n) is 7.07. The zero-order chi connectivity index (χ0) is 52.2. The van der Waals surface area contributed by atoms with Crippen molar-refractivity contribution in [2.45, 2.75) is 226 Å². The highest BCUT2D eigenvalue weighted by molar-refractivity contribution is 5.71. The lowest BCUT2D eigenvalue weighted by molar-refractivity contribution is -0.167. The van der Waals surface area contributed by atoms with Crippen molar-refractivity contribution in [3.05, 3.63) is 158 Å². The van der Waals surface area contributed by atoms with E-state index in [9.17, 15) is 14.4 Å². The Labute approximate surface area is 441 Å². The van der Waals surface area contributed by atoms with Gasteiger partial charge in [-0.15, -0.1) is 0 Å². The minimum Gasteiger partial charge on any atom is -0.462 e. The predicted octanol–water partition coefficient (Wildman–Crippen LogP) is 19.4. The first-order chi connectivity index (χ1) is 35.5. The van der Waals surface area contributed by atoms with Crippen LogP contribution in [0.4, 0.5) is 0 Å². The van der Waals surface area contributed by atoms with Crippen molar-refractivity contribution >= 4 is 17.9 Å². The third kappa shape index (κ3) is 56.0. The fourth-order valence-corrected chi connectivity index (χ4v) is 7.07. The van der Waals surface area contributed by atoms with Crippen LogP contribution < -0.4 is 0 Å². The van der Waals surface area contributed by atoms with Crippen molar-refractivity contribution in [3.63, 3.8) is 0 Å². The lowest BCUT2D eigenvalue weighted by Crippen LogP contribution is -2.30. The first-order valence-electron chi connectivity index (χ1n) is 28.5. The van der Waals surface area contributed by atoms with E-state index in [0.29, 0.717) is 25.7 Å². The highest BCUT2D eigenvalue weighted by atomic mass is 16.6. The van der Waals surface area contributed by atoms with Gasteiger partial charge in [0.05, 0.1) is 0 Å². The summed E-state index contributed by atoms with van der Waals surface area (Å²) in [5.41, 5.74) is 0. The maximum atomic E-state index is 12.8.